The van der Waals surface area contributed by atoms with E-state index in [4.69, 9.17) is 4.74 Å². The van der Waals surface area contributed by atoms with E-state index in [-0.39, 0.29) is 5.75 Å². The van der Waals surface area contributed by atoms with Crippen molar-refractivity contribution in [3.8, 4) is 22.9 Å². The zero-order valence-corrected chi connectivity index (χ0v) is 20.5. The topological polar surface area (TPSA) is 94.5 Å². The Morgan fingerprint density at radius 3 is 2.39 bits per heavy atom. The van der Waals surface area contributed by atoms with Gasteiger partial charge in [-0.25, -0.2) is 8.42 Å². The van der Waals surface area contributed by atoms with E-state index in [0.29, 0.717) is 19.0 Å². The van der Waals surface area contributed by atoms with Crippen LogP contribution in [0.15, 0.2) is 42.5 Å². The molecule has 0 aromatic heterocycles. The van der Waals surface area contributed by atoms with Crippen molar-refractivity contribution in [2.24, 2.45) is 0 Å². The van der Waals surface area contributed by atoms with Crippen LogP contribution in [-0.2, 0) is 16.4 Å². The third-order valence-corrected chi connectivity index (χ3v) is 7.41. The molecular weight excluding hydrogens is 436 g/mol. The highest BCUT2D eigenvalue weighted by Crippen LogP contribution is 2.32. The van der Waals surface area contributed by atoms with Crippen LogP contribution in [0.4, 0.5) is 5.69 Å². The van der Waals surface area contributed by atoms with Crippen molar-refractivity contribution >= 4 is 15.7 Å². The summed E-state index contributed by atoms with van der Waals surface area (Å²) in [5.41, 5.74) is 3.98. The van der Waals surface area contributed by atoms with Gasteiger partial charge in [0.05, 0.1) is 24.6 Å². The Kier molecular flexibility index (Phi) is 8.73. The fourth-order valence-electron chi connectivity index (χ4n) is 4.20. The lowest BCUT2D eigenvalue weighted by molar-refractivity contribution is 0.415. The van der Waals surface area contributed by atoms with Crippen molar-refractivity contribution in [2.75, 3.05) is 38.4 Å². The molecule has 0 spiro atoms. The number of nitriles is 1. The molecule has 1 unspecified atom stereocenters. The molecule has 1 saturated carbocycles. The van der Waals surface area contributed by atoms with Crippen LogP contribution in [0.3, 0.4) is 0 Å². The first-order chi connectivity index (χ1) is 15.8. The fourth-order valence-corrected chi connectivity index (χ4v) is 5.28. The van der Waals surface area contributed by atoms with Gasteiger partial charge in [0.2, 0.25) is 10.0 Å². The zero-order valence-electron chi connectivity index (χ0n) is 19.7. The molecule has 0 heterocycles. The van der Waals surface area contributed by atoms with Gasteiger partial charge in [-0.15, -0.1) is 0 Å². The fraction of sp³-hybridized carbons (Fsp3) is 0.480. The van der Waals surface area contributed by atoms with E-state index in [0.717, 1.165) is 41.0 Å². The molecule has 178 valence electrons. The number of ether oxygens (including phenoxy) is 1. The van der Waals surface area contributed by atoms with Crippen molar-refractivity contribution in [1.29, 1.82) is 5.26 Å². The number of hydrogen-bond donors (Lipinski definition) is 2. The average molecular weight is 471 g/mol. The third-order valence-electron chi connectivity index (χ3n) is 6.02. The first kappa shape index (κ1) is 25.0. The van der Waals surface area contributed by atoms with Crippen LogP contribution >= 0.6 is 0 Å². The van der Waals surface area contributed by atoms with Crippen LogP contribution in [0.5, 0.6) is 5.75 Å². The minimum atomic E-state index is -3.53. The molecule has 1 aliphatic carbocycles. The van der Waals surface area contributed by atoms with E-state index in [1.165, 1.54) is 12.8 Å². The molecule has 1 atom stereocenters. The number of rotatable bonds is 11. The van der Waals surface area contributed by atoms with Crippen LogP contribution in [0, 0.1) is 11.3 Å². The molecule has 0 saturated heterocycles. The Morgan fingerprint density at radius 2 is 1.79 bits per heavy atom. The standard InChI is InChI=1S/C25H34N4O3S/c1-29(2)24-17-21(12-13-25(24)32-3)20-10-8-19(9-11-20)16-23(18-26)28-33(30,31)15-14-27-22-6-4-5-7-22/h8-13,17,22-23,27-28H,4-7,14-16H2,1-3H3. The first-order valence-corrected chi connectivity index (χ1v) is 13.0. The SMILES string of the molecule is COc1ccc(-c2ccc(CC(C#N)NS(=O)(=O)CCNC3CCCC3)cc2)cc1N(C)C. The summed E-state index contributed by atoms with van der Waals surface area (Å²) in [4.78, 5) is 2.00. The second-order valence-corrected chi connectivity index (χ2v) is 10.6. The Balaban J connectivity index is 1.59. The van der Waals surface area contributed by atoms with Gasteiger partial charge in [0.1, 0.15) is 11.8 Å². The summed E-state index contributed by atoms with van der Waals surface area (Å²) in [5, 5.41) is 12.8. The molecule has 3 rings (SSSR count). The predicted molar refractivity (Wildman–Crippen MR) is 133 cm³/mol. The van der Waals surface area contributed by atoms with Gasteiger partial charge < -0.3 is 15.0 Å². The summed E-state index contributed by atoms with van der Waals surface area (Å²) in [6, 6.07) is 15.6. The molecule has 0 amide bonds. The maximum absolute atomic E-state index is 12.4. The number of nitrogens with one attached hydrogen (secondary N) is 2. The minimum absolute atomic E-state index is 0.0215. The van der Waals surface area contributed by atoms with Gasteiger partial charge >= 0.3 is 0 Å². The maximum Gasteiger partial charge on any atom is 0.214 e. The Bertz CT molecular complexity index is 1060. The van der Waals surface area contributed by atoms with Crippen LogP contribution in [0.2, 0.25) is 0 Å². The number of methoxy groups -OCH3 is 1. The molecule has 2 aromatic carbocycles. The second kappa shape index (κ2) is 11.5. The predicted octanol–water partition coefficient (Wildman–Crippen LogP) is 3.31. The molecule has 0 aliphatic heterocycles. The number of hydrogen-bond acceptors (Lipinski definition) is 6. The molecule has 2 N–H and O–H groups in total. The highest BCUT2D eigenvalue weighted by molar-refractivity contribution is 7.89. The summed E-state index contributed by atoms with van der Waals surface area (Å²) < 4.78 is 32.8. The number of sulfonamides is 1. The van der Waals surface area contributed by atoms with E-state index < -0.39 is 16.1 Å². The summed E-state index contributed by atoms with van der Waals surface area (Å²) in [7, 11) is 2.07. The molecule has 7 nitrogen and oxygen atoms in total. The molecule has 0 radical (unpaired) electrons. The summed E-state index contributed by atoms with van der Waals surface area (Å²) in [6.07, 6.45) is 4.94. The lowest BCUT2D eigenvalue weighted by Gasteiger charge is -2.18. The number of anilines is 1. The zero-order chi connectivity index (χ0) is 23.8. The van der Waals surface area contributed by atoms with Crippen LogP contribution in [0.25, 0.3) is 11.1 Å². The van der Waals surface area contributed by atoms with Crippen LogP contribution in [0.1, 0.15) is 31.2 Å². The number of nitrogens with zero attached hydrogens (tertiary/aromatic N) is 2. The number of benzene rings is 2. The monoisotopic (exact) mass is 470 g/mol. The van der Waals surface area contributed by atoms with Crippen molar-refractivity contribution in [2.45, 2.75) is 44.2 Å². The minimum Gasteiger partial charge on any atom is -0.495 e. The van der Waals surface area contributed by atoms with Gasteiger partial charge in [0.15, 0.2) is 0 Å². The van der Waals surface area contributed by atoms with Crippen LogP contribution in [-0.4, -0.2) is 54.0 Å². The summed E-state index contributed by atoms with van der Waals surface area (Å²) in [6.45, 7) is 0.406. The van der Waals surface area contributed by atoms with E-state index >= 15 is 0 Å². The van der Waals surface area contributed by atoms with Gasteiger partial charge in [-0.05, 0) is 41.7 Å². The normalized spacial score (nSPS) is 15.2. The lowest BCUT2D eigenvalue weighted by atomic mass is 10.0. The van der Waals surface area contributed by atoms with Gasteiger partial charge in [0.25, 0.3) is 0 Å². The van der Waals surface area contributed by atoms with E-state index in [1.807, 2.05) is 55.4 Å². The molecule has 0 bridgehead atoms. The Hall–Kier alpha value is -2.60. The van der Waals surface area contributed by atoms with Crippen LogP contribution < -0.4 is 19.7 Å². The first-order valence-electron chi connectivity index (χ1n) is 11.4. The van der Waals surface area contributed by atoms with E-state index in [9.17, 15) is 13.7 Å². The van der Waals surface area contributed by atoms with E-state index in [2.05, 4.69) is 22.2 Å². The molecule has 2 aromatic rings. The molecular formula is C25H34N4O3S. The molecule has 1 aliphatic rings. The molecule has 1 fully saturated rings. The maximum atomic E-state index is 12.4. The van der Waals surface area contributed by atoms with Gasteiger partial charge in [-0.3, -0.25) is 0 Å². The summed E-state index contributed by atoms with van der Waals surface area (Å²) in [5.74, 6) is 0.787. The Labute approximate surface area is 197 Å². The molecule has 33 heavy (non-hydrogen) atoms. The van der Waals surface area contributed by atoms with Crippen molar-refractivity contribution in [3.63, 3.8) is 0 Å². The average Bonchev–Trinajstić information content (AvgIpc) is 3.32. The highest BCUT2D eigenvalue weighted by Gasteiger charge is 2.20. The Morgan fingerprint density at radius 1 is 1.12 bits per heavy atom. The second-order valence-electron chi connectivity index (χ2n) is 8.74. The van der Waals surface area contributed by atoms with Gasteiger partial charge in [0, 0.05) is 33.1 Å². The van der Waals surface area contributed by atoms with E-state index in [1.54, 1.807) is 7.11 Å². The van der Waals surface area contributed by atoms with Crippen molar-refractivity contribution in [1.82, 2.24) is 10.0 Å². The highest BCUT2D eigenvalue weighted by atomic mass is 32.2. The van der Waals surface area contributed by atoms with Gasteiger partial charge in [-0.1, -0.05) is 43.2 Å². The summed E-state index contributed by atoms with van der Waals surface area (Å²) >= 11 is 0. The quantitative estimate of drug-likeness (QED) is 0.523. The largest absolute Gasteiger partial charge is 0.495 e. The van der Waals surface area contributed by atoms with Gasteiger partial charge in [-0.2, -0.15) is 9.98 Å². The van der Waals surface area contributed by atoms with Crippen molar-refractivity contribution < 1.29 is 13.2 Å². The third kappa shape index (κ3) is 7.19. The van der Waals surface area contributed by atoms with Crippen molar-refractivity contribution in [3.05, 3.63) is 48.0 Å². The molecule has 8 heteroatoms. The lowest BCUT2D eigenvalue weighted by Crippen LogP contribution is -2.40. The smallest absolute Gasteiger partial charge is 0.214 e.